The van der Waals surface area contributed by atoms with Gasteiger partial charge in [-0.05, 0) is 53.0 Å². The molecule has 1 rings (SSSR count). The van der Waals surface area contributed by atoms with Gasteiger partial charge in [0.2, 0.25) is 11.8 Å². The summed E-state index contributed by atoms with van der Waals surface area (Å²) in [6.07, 6.45) is 2.67. The van der Waals surface area contributed by atoms with Crippen molar-refractivity contribution in [2.24, 2.45) is 5.92 Å². The predicted octanol–water partition coefficient (Wildman–Crippen LogP) is -0.145. The lowest BCUT2D eigenvalue weighted by molar-refractivity contribution is -0.134. The maximum atomic E-state index is 11.9. The third kappa shape index (κ3) is 6.91. The smallest absolute Gasteiger partial charge is 0.234 e. The molecular formula is C15H30N4O2. The molecule has 0 aliphatic carbocycles. The first-order valence-electron chi connectivity index (χ1n) is 7.75. The van der Waals surface area contributed by atoms with Crippen LogP contribution < -0.4 is 5.32 Å². The number of likely N-dealkylation sites (tertiary alicyclic amines) is 1. The van der Waals surface area contributed by atoms with Gasteiger partial charge in [0.15, 0.2) is 0 Å². The molecule has 1 aliphatic heterocycles. The minimum absolute atomic E-state index is 0.0890. The molecule has 1 heterocycles. The van der Waals surface area contributed by atoms with Crippen LogP contribution >= 0.6 is 0 Å². The molecule has 0 radical (unpaired) electrons. The van der Waals surface area contributed by atoms with E-state index in [1.54, 1.807) is 19.0 Å². The fourth-order valence-corrected chi connectivity index (χ4v) is 2.59. The summed E-state index contributed by atoms with van der Waals surface area (Å²) in [7, 11) is 7.66. The first kappa shape index (κ1) is 17.9. The summed E-state index contributed by atoms with van der Waals surface area (Å²) in [6, 6.07) is 0. The van der Waals surface area contributed by atoms with E-state index < -0.39 is 0 Å². The van der Waals surface area contributed by atoms with Crippen molar-refractivity contribution < 1.29 is 9.59 Å². The van der Waals surface area contributed by atoms with Gasteiger partial charge in [0, 0.05) is 26.6 Å². The molecule has 0 spiro atoms. The highest BCUT2D eigenvalue weighted by molar-refractivity contribution is 5.79. The molecule has 6 heteroatoms. The van der Waals surface area contributed by atoms with Gasteiger partial charge >= 0.3 is 0 Å². The van der Waals surface area contributed by atoms with Crippen molar-refractivity contribution in [3.05, 3.63) is 0 Å². The van der Waals surface area contributed by atoms with Crippen molar-refractivity contribution in [3.8, 4) is 0 Å². The zero-order valence-corrected chi connectivity index (χ0v) is 13.9. The van der Waals surface area contributed by atoms with Crippen molar-refractivity contribution in [1.82, 2.24) is 20.0 Å². The van der Waals surface area contributed by atoms with Crippen LogP contribution in [-0.2, 0) is 9.59 Å². The van der Waals surface area contributed by atoms with Crippen LogP contribution in [0.15, 0.2) is 0 Å². The summed E-state index contributed by atoms with van der Waals surface area (Å²) >= 11 is 0. The van der Waals surface area contributed by atoms with E-state index >= 15 is 0 Å². The normalized spacial score (nSPS) is 17.0. The maximum Gasteiger partial charge on any atom is 0.234 e. The highest BCUT2D eigenvalue weighted by Gasteiger charge is 2.26. The van der Waals surface area contributed by atoms with Crippen LogP contribution in [0.2, 0.25) is 0 Å². The summed E-state index contributed by atoms with van der Waals surface area (Å²) in [4.78, 5) is 29.6. The third-order valence-electron chi connectivity index (χ3n) is 3.85. The summed E-state index contributed by atoms with van der Waals surface area (Å²) < 4.78 is 0. The summed E-state index contributed by atoms with van der Waals surface area (Å²) in [5, 5.41) is 2.96. The lowest BCUT2D eigenvalue weighted by Crippen LogP contribution is -2.44. The van der Waals surface area contributed by atoms with Gasteiger partial charge in [-0.15, -0.1) is 0 Å². The van der Waals surface area contributed by atoms with E-state index in [0.717, 1.165) is 45.4 Å². The molecule has 0 aromatic carbocycles. The SMILES string of the molecule is CN(C)CCCNC(=O)CN1CCC(C(=O)N(C)C)CC1. The Labute approximate surface area is 128 Å². The molecule has 0 aromatic rings. The van der Waals surface area contributed by atoms with E-state index in [0.29, 0.717) is 6.54 Å². The minimum atomic E-state index is 0.0890. The number of nitrogens with zero attached hydrogens (tertiary/aromatic N) is 3. The second-order valence-corrected chi connectivity index (χ2v) is 6.29. The molecule has 1 N–H and O–H groups in total. The number of rotatable bonds is 7. The Hall–Kier alpha value is -1.14. The highest BCUT2D eigenvalue weighted by Crippen LogP contribution is 2.18. The van der Waals surface area contributed by atoms with E-state index in [2.05, 4.69) is 15.1 Å². The number of carbonyl (C=O) groups is 2. The fraction of sp³-hybridized carbons (Fsp3) is 0.867. The van der Waals surface area contributed by atoms with Gasteiger partial charge in [0.1, 0.15) is 0 Å². The van der Waals surface area contributed by atoms with Gasteiger partial charge in [-0.25, -0.2) is 0 Å². The van der Waals surface area contributed by atoms with E-state index in [-0.39, 0.29) is 17.7 Å². The summed E-state index contributed by atoms with van der Waals surface area (Å²) in [5.74, 6) is 0.424. The van der Waals surface area contributed by atoms with Crippen molar-refractivity contribution >= 4 is 11.8 Å². The first-order chi connectivity index (χ1) is 9.90. The van der Waals surface area contributed by atoms with Gasteiger partial charge in [0.25, 0.3) is 0 Å². The topological polar surface area (TPSA) is 55.9 Å². The quantitative estimate of drug-likeness (QED) is 0.665. The molecule has 122 valence electrons. The largest absolute Gasteiger partial charge is 0.355 e. The molecule has 0 aromatic heterocycles. The van der Waals surface area contributed by atoms with E-state index in [9.17, 15) is 9.59 Å². The molecule has 2 amide bonds. The van der Waals surface area contributed by atoms with Crippen molar-refractivity contribution in [3.63, 3.8) is 0 Å². The Morgan fingerprint density at radius 3 is 2.29 bits per heavy atom. The number of nitrogens with one attached hydrogen (secondary N) is 1. The van der Waals surface area contributed by atoms with E-state index in [1.165, 1.54) is 0 Å². The van der Waals surface area contributed by atoms with E-state index in [1.807, 2.05) is 14.1 Å². The number of amides is 2. The summed E-state index contributed by atoms with van der Waals surface area (Å²) in [6.45, 7) is 3.82. The average molecular weight is 298 g/mol. The number of carbonyl (C=O) groups excluding carboxylic acids is 2. The van der Waals surface area contributed by atoms with Gasteiger partial charge in [-0.1, -0.05) is 0 Å². The molecule has 1 fully saturated rings. The monoisotopic (exact) mass is 298 g/mol. The molecule has 1 aliphatic rings. The molecule has 0 unspecified atom stereocenters. The zero-order chi connectivity index (χ0) is 15.8. The first-order valence-corrected chi connectivity index (χ1v) is 7.75. The highest BCUT2D eigenvalue weighted by atomic mass is 16.2. The van der Waals surface area contributed by atoms with Crippen LogP contribution in [-0.4, -0.2) is 87.4 Å². The Kier molecular flexibility index (Phi) is 7.67. The number of hydrogen-bond acceptors (Lipinski definition) is 4. The molecular weight excluding hydrogens is 268 g/mol. The van der Waals surface area contributed by atoms with Crippen molar-refractivity contribution in [2.45, 2.75) is 19.3 Å². The summed E-state index contributed by atoms with van der Waals surface area (Å²) in [5.41, 5.74) is 0. The third-order valence-corrected chi connectivity index (χ3v) is 3.85. The Morgan fingerprint density at radius 1 is 1.14 bits per heavy atom. The van der Waals surface area contributed by atoms with Crippen LogP contribution in [0.3, 0.4) is 0 Å². The van der Waals surface area contributed by atoms with Crippen LogP contribution in [0, 0.1) is 5.92 Å². The number of piperidine rings is 1. The average Bonchev–Trinajstić information content (AvgIpc) is 2.43. The van der Waals surface area contributed by atoms with Gasteiger partial charge in [0.05, 0.1) is 6.54 Å². The lowest BCUT2D eigenvalue weighted by Gasteiger charge is -2.31. The minimum Gasteiger partial charge on any atom is -0.355 e. The lowest BCUT2D eigenvalue weighted by atomic mass is 9.95. The molecule has 0 atom stereocenters. The van der Waals surface area contributed by atoms with Gasteiger partial charge in [-0.3, -0.25) is 14.5 Å². The fourth-order valence-electron chi connectivity index (χ4n) is 2.59. The van der Waals surface area contributed by atoms with Crippen LogP contribution in [0.25, 0.3) is 0 Å². The van der Waals surface area contributed by atoms with Gasteiger partial charge in [-0.2, -0.15) is 0 Å². The number of hydrogen-bond donors (Lipinski definition) is 1. The molecule has 0 saturated carbocycles. The predicted molar refractivity (Wildman–Crippen MR) is 84.0 cm³/mol. The Balaban J connectivity index is 2.17. The Morgan fingerprint density at radius 2 is 1.76 bits per heavy atom. The molecule has 0 bridgehead atoms. The zero-order valence-electron chi connectivity index (χ0n) is 13.9. The Bertz CT molecular complexity index is 337. The van der Waals surface area contributed by atoms with Crippen LogP contribution in [0.1, 0.15) is 19.3 Å². The van der Waals surface area contributed by atoms with Gasteiger partial charge < -0.3 is 15.1 Å². The van der Waals surface area contributed by atoms with Crippen molar-refractivity contribution in [2.75, 3.05) is 60.9 Å². The standard InChI is InChI=1S/C15H30N4O2/c1-17(2)9-5-8-16-14(20)12-19-10-6-13(7-11-19)15(21)18(3)4/h13H,5-12H2,1-4H3,(H,16,20). The second-order valence-electron chi connectivity index (χ2n) is 6.29. The molecule has 21 heavy (non-hydrogen) atoms. The maximum absolute atomic E-state index is 11.9. The van der Waals surface area contributed by atoms with Crippen LogP contribution in [0.5, 0.6) is 0 Å². The van der Waals surface area contributed by atoms with Crippen molar-refractivity contribution in [1.29, 1.82) is 0 Å². The molecule has 1 saturated heterocycles. The van der Waals surface area contributed by atoms with Crippen LogP contribution in [0.4, 0.5) is 0 Å². The van der Waals surface area contributed by atoms with E-state index in [4.69, 9.17) is 0 Å². The molecule has 6 nitrogen and oxygen atoms in total. The second kappa shape index (κ2) is 9.00.